The minimum atomic E-state index is -0.391. The highest BCUT2D eigenvalue weighted by Crippen LogP contribution is 2.25. The van der Waals surface area contributed by atoms with Gasteiger partial charge in [0.1, 0.15) is 17.1 Å². The molecule has 6 heteroatoms. The van der Waals surface area contributed by atoms with Gasteiger partial charge in [-0.25, -0.2) is 9.37 Å². The quantitative estimate of drug-likeness (QED) is 0.722. The van der Waals surface area contributed by atoms with Crippen molar-refractivity contribution in [1.82, 2.24) is 15.0 Å². The first-order chi connectivity index (χ1) is 9.22. The van der Waals surface area contributed by atoms with Gasteiger partial charge in [0.25, 0.3) is 0 Å². The van der Waals surface area contributed by atoms with Gasteiger partial charge in [-0.3, -0.25) is 4.98 Å². The van der Waals surface area contributed by atoms with Gasteiger partial charge >= 0.3 is 0 Å². The number of rotatable bonds is 2. The first kappa shape index (κ1) is 12.0. The maximum absolute atomic E-state index is 13.4. The van der Waals surface area contributed by atoms with Crippen molar-refractivity contribution >= 4 is 27.1 Å². The van der Waals surface area contributed by atoms with Crippen LogP contribution in [0.2, 0.25) is 0 Å². The number of benzene rings is 1. The molecule has 0 amide bonds. The maximum Gasteiger partial charge on any atom is 0.221 e. The van der Waals surface area contributed by atoms with E-state index in [1.165, 1.54) is 6.07 Å². The molecule has 2 aromatic heterocycles. The van der Waals surface area contributed by atoms with Gasteiger partial charge in [0.05, 0.1) is 4.47 Å². The average Bonchev–Trinajstić information content (AvgIpc) is 2.43. The lowest BCUT2D eigenvalue weighted by Gasteiger charge is -2.05. The summed E-state index contributed by atoms with van der Waals surface area (Å²) in [5, 5.41) is 0. The predicted octanol–water partition coefficient (Wildman–Crippen LogP) is 3.72. The first-order valence-electron chi connectivity index (χ1n) is 5.43. The molecule has 0 fully saturated rings. The number of halogens is 2. The van der Waals surface area contributed by atoms with Crippen LogP contribution in [0.4, 0.5) is 4.39 Å². The molecule has 0 radical (unpaired) electrons. The van der Waals surface area contributed by atoms with E-state index in [1.54, 1.807) is 36.7 Å². The van der Waals surface area contributed by atoms with Crippen molar-refractivity contribution in [3.05, 3.63) is 53.0 Å². The number of ether oxygens (including phenoxy) is 1. The van der Waals surface area contributed by atoms with Crippen molar-refractivity contribution in [2.75, 3.05) is 0 Å². The van der Waals surface area contributed by atoms with E-state index >= 15 is 0 Å². The van der Waals surface area contributed by atoms with Crippen LogP contribution in [0.1, 0.15) is 0 Å². The van der Waals surface area contributed by atoms with E-state index in [2.05, 4.69) is 30.9 Å². The lowest BCUT2D eigenvalue weighted by molar-refractivity contribution is 0.459. The molecule has 0 bridgehead atoms. The van der Waals surface area contributed by atoms with E-state index in [1.807, 2.05) is 0 Å². The Labute approximate surface area is 116 Å². The van der Waals surface area contributed by atoms with Crippen molar-refractivity contribution in [3.8, 4) is 11.6 Å². The van der Waals surface area contributed by atoms with E-state index in [0.29, 0.717) is 27.3 Å². The molecule has 0 aliphatic heterocycles. The largest absolute Gasteiger partial charge is 0.439 e. The summed E-state index contributed by atoms with van der Waals surface area (Å²) in [5.41, 5.74) is 1.16. The fraction of sp³-hybridized carbons (Fsp3) is 0. The Kier molecular flexibility index (Phi) is 3.08. The van der Waals surface area contributed by atoms with Crippen LogP contribution in [0.5, 0.6) is 11.6 Å². The fourth-order valence-corrected chi connectivity index (χ4v) is 1.80. The van der Waals surface area contributed by atoms with Gasteiger partial charge in [-0.05, 0) is 34.1 Å². The van der Waals surface area contributed by atoms with Crippen LogP contribution in [0, 0.1) is 5.82 Å². The van der Waals surface area contributed by atoms with Crippen molar-refractivity contribution in [2.24, 2.45) is 0 Å². The van der Waals surface area contributed by atoms with Gasteiger partial charge in [0.2, 0.25) is 5.88 Å². The molecule has 19 heavy (non-hydrogen) atoms. The van der Waals surface area contributed by atoms with Gasteiger partial charge in [-0.2, -0.15) is 4.98 Å². The number of hydrogen-bond acceptors (Lipinski definition) is 4. The Balaban J connectivity index is 1.94. The molecule has 3 rings (SSSR count). The summed E-state index contributed by atoms with van der Waals surface area (Å²) in [7, 11) is 0. The molecule has 0 saturated carbocycles. The van der Waals surface area contributed by atoms with Crippen LogP contribution < -0.4 is 4.74 Å². The molecule has 1 aromatic carbocycles. The normalized spacial score (nSPS) is 10.6. The molecule has 0 saturated heterocycles. The van der Waals surface area contributed by atoms with E-state index in [-0.39, 0.29) is 0 Å². The number of pyridine rings is 1. The minimum absolute atomic E-state index is 0.342. The van der Waals surface area contributed by atoms with Crippen LogP contribution in [0.15, 0.2) is 47.2 Å². The number of hydrogen-bond donors (Lipinski definition) is 0. The van der Waals surface area contributed by atoms with Crippen LogP contribution in [-0.2, 0) is 0 Å². The number of fused-ring (bicyclic) bond motifs is 1. The second kappa shape index (κ2) is 4.89. The molecule has 0 N–H and O–H groups in total. The fourth-order valence-electron chi connectivity index (χ4n) is 1.55. The third-order valence-electron chi connectivity index (χ3n) is 2.42. The number of aromatic nitrogens is 3. The van der Waals surface area contributed by atoms with E-state index < -0.39 is 5.82 Å². The molecule has 94 valence electrons. The van der Waals surface area contributed by atoms with Gasteiger partial charge in [0, 0.05) is 24.5 Å². The maximum atomic E-state index is 13.4. The van der Waals surface area contributed by atoms with Crippen LogP contribution in [-0.4, -0.2) is 15.0 Å². The predicted molar refractivity (Wildman–Crippen MR) is 71.5 cm³/mol. The standard InChI is InChI=1S/C13H7BrFN3O/c14-9-2-1-8(7-10(9)15)19-12-4-3-11-13(18-12)17-6-5-16-11/h1-7H. The first-order valence-corrected chi connectivity index (χ1v) is 6.22. The van der Waals surface area contributed by atoms with E-state index in [4.69, 9.17) is 4.74 Å². The Morgan fingerprint density at radius 3 is 2.74 bits per heavy atom. The molecule has 2 heterocycles. The highest BCUT2D eigenvalue weighted by molar-refractivity contribution is 9.10. The molecule has 0 aliphatic rings. The zero-order chi connectivity index (χ0) is 13.2. The van der Waals surface area contributed by atoms with Gasteiger partial charge in [-0.1, -0.05) is 0 Å². The second-order valence-corrected chi connectivity index (χ2v) is 4.58. The third kappa shape index (κ3) is 2.53. The SMILES string of the molecule is Fc1cc(Oc2ccc3nccnc3n2)ccc1Br. The summed E-state index contributed by atoms with van der Waals surface area (Å²) in [4.78, 5) is 12.4. The van der Waals surface area contributed by atoms with Gasteiger partial charge < -0.3 is 4.74 Å². The van der Waals surface area contributed by atoms with Crippen LogP contribution in [0.3, 0.4) is 0 Å². The average molecular weight is 320 g/mol. The van der Waals surface area contributed by atoms with E-state index in [0.717, 1.165) is 0 Å². The second-order valence-electron chi connectivity index (χ2n) is 3.73. The molecule has 0 unspecified atom stereocenters. The Morgan fingerprint density at radius 2 is 1.89 bits per heavy atom. The Hall–Kier alpha value is -2.08. The molecule has 0 atom stereocenters. The smallest absolute Gasteiger partial charge is 0.221 e. The van der Waals surface area contributed by atoms with Crippen molar-refractivity contribution < 1.29 is 9.13 Å². The summed E-state index contributed by atoms with van der Waals surface area (Å²) in [6.07, 6.45) is 3.15. The highest BCUT2D eigenvalue weighted by Gasteiger charge is 2.05. The van der Waals surface area contributed by atoms with Crippen molar-refractivity contribution in [2.45, 2.75) is 0 Å². The van der Waals surface area contributed by atoms with Gasteiger partial charge in [-0.15, -0.1) is 0 Å². The molecular weight excluding hydrogens is 313 g/mol. The Bertz CT molecular complexity index is 751. The molecule has 3 aromatic rings. The van der Waals surface area contributed by atoms with E-state index in [9.17, 15) is 4.39 Å². The summed E-state index contributed by atoms with van der Waals surface area (Å²) in [6, 6.07) is 7.92. The summed E-state index contributed by atoms with van der Waals surface area (Å²) >= 11 is 3.08. The molecule has 0 spiro atoms. The summed E-state index contributed by atoms with van der Waals surface area (Å²) in [5.74, 6) is 0.323. The molecule has 4 nitrogen and oxygen atoms in total. The van der Waals surface area contributed by atoms with Gasteiger partial charge in [0.15, 0.2) is 5.65 Å². The minimum Gasteiger partial charge on any atom is -0.439 e. The monoisotopic (exact) mass is 319 g/mol. The van der Waals surface area contributed by atoms with Crippen molar-refractivity contribution in [3.63, 3.8) is 0 Å². The molecular formula is C13H7BrFN3O. The number of nitrogens with zero attached hydrogens (tertiary/aromatic N) is 3. The zero-order valence-electron chi connectivity index (χ0n) is 9.55. The Morgan fingerprint density at radius 1 is 1.05 bits per heavy atom. The zero-order valence-corrected chi connectivity index (χ0v) is 11.1. The lowest BCUT2D eigenvalue weighted by atomic mass is 10.3. The lowest BCUT2D eigenvalue weighted by Crippen LogP contribution is -1.92. The van der Waals surface area contributed by atoms with Crippen LogP contribution >= 0.6 is 15.9 Å². The van der Waals surface area contributed by atoms with Crippen LogP contribution in [0.25, 0.3) is 11.2 Å². The topological polar surface area (TPSA) is 47.9 Å². The molecule has 0 aliphatic carbocycles. The van der Waals surface area contributed by atoms with Crippen molar-refractivity contribution in [1.29, 1.82) is 0 Å². The summed E-state index contributed by atoms with van der Waals surface area (Å²) in [6.45, 7) is 0. The summed E-state index contributed by atoms with van der Waals surface area (Å²) < 4.78 is 19.2. The highest BCUT2D eigenvalue weighted by atomic mass is 79.9. The third-order valence-corrected chi connectivity index (χ3v) is 3.06.